The normalized spacial score (nSPS) is 23.5. The van der Waals surface area contributed by atoms with Gasteiger partial charge in [0.05, 0.1) is 70.4 Å². The lowest BCUT2D eigenvalue weighted by atomic mass is 9.78. The summed E-state index contributed by atoms with van der Waals surface area (Å²) in [7, 11) is -0.421. The first-order valence-electron chi connectivity index (χ1n) is 32.4. The molecule has 4 saturated heterocycles. The number of likely N-dealkylation sites (tertiary alicyclic amines) is 3. The summed E-state index contributed by atoms with van der Waals surface area (Å²) in [4.78, 5) is 70.0. The first-order valence-corrected chi connectivity index (χ1v) is 35.8. The Labute approximate surface area is 545 Å². The molecule has 13 rings (SSSR count). The number of ketones is 1. The van der Waals surface area contributed by atoms with Crippen LogP contribution in [0.5, 0.6) is 0 Å². The van der Waals surface area contributed by atoms with Crippen LogP contribution in [0.15, 0.2) is 75.3 Å². The van der Waals surface area contributed by atoms with Crippen molar-refractivity contribution >= 4 is 92.0 Å². The first-order chi connectivity index (χ1) is 42.9. The highest BCUT2D eigenvalue weighted by molar-refractivity contribution is 9.11. The number of aromatic nitrogens is 6. The molecule has 3 aliphatic carbocycles. The maximum Gasteiger partial charge on any atom is 0.498 e. The molecular formula is C66H89BBrN9O9S3. The summed E-state index contributed by atoms with van der Waals surface area (Å²) in [6, 6.07) is 7.31. The highest BCUT2D eigenvalue weighted by atomic mass is 79.9. The third-order valence-electron chi connectivity index (χ3n) is 19.3. The number of amides is 3. The fraction of sp³-hybridized carbons (Fsp3) is 0.606. The molecule has 7 aliphatic rings. The average molecular weight is 1340 g/mol. The van der Waals surface area contributed by atoms with E-state index in [2.05, 4.69) is 45.9 Å². The van der Waals surface area contributed by atoms with Crippen LogP contribution in [0.2, 0.25) is 0 Å². The molecule has 0 bridgehead atoms. The largest absolute Gasteiger partial charge is 0.498 e. The molecule has 10 heterocycles. The average Bonchev–Trinajstić information content (AvgIpc) is 2.04. The van der Waals surface area contributed by atoms with Crippen LogP contribution in [0.1, 0.15) is 188 Å². The number of aliphatic hydroxyl groups excluding tert-OH is 1. The van der Waals surface area contributed by atoms with Crippen LogP contribution in [-0.4, -0.2) is 148 Å². The van der Waals surface area contributed by atoms with Crippen molar-refractivity contribution < 1.29 is 43.1 Å². The zero-order chi connectivity index (χ0) is 62.8. The minimum Gasteiger partial charge on any atom is -0.465 e. The number of fused-ring (bicyclic) bond motifs is 3. The van der Waals surface area contributed by atoms with E-state index in [0.717, 1.165) is 91.6 Å². The molecule has 3 saturated carbocycles. The minimum atomic E-state index is -0.421. The van der Waals surface area contributed by atoms with Crippen LogP contribution in [0.25, 0.3) is 20.9 Å². The van der Waals surface area contributed by atoms with Gasteiger partial charge in [0, 0.05) is 105 Å². The smallest absolute Gasteiger partial charge is 0.465 e. The van der Waals surface area contributed by atoms with Gasteiger partial charge in [0.25, 0.3) is 17.7 Å². The van der Waals surface area contributed by atoms with Gasteiger partial charge in [-0.25, -0.2) is 0 Å². The Morgan fingerprint density at radius 1 is 0.584 bits per heavy atom. The second-order valence-corrected chi connectivity index (χ2v) is 30.1. The number of nitrogens with zero attached hydrogens (tertiary/aromatic N) is 9. The van der Waals surface area contributed by atoms with Crippen molar-refractivity contribution in [3.05, 3.63) is 92.0 Å². The highest BCUT2D eigenvalue weighted by Crippen LogP contribution is 2.41. The molecular weight excluding hydrogens is 1250 g/mol. The predicted octanol–water partition coefficient (Wildman–Crippen LogP) is 12.4. The third kappa shape index (κ3) is 16.5. The molecule has 3 amide bonds. The highest BCUT2D eigenvalue weighted by Gasteiger charge is 2.52. The van der Waals surface area contributed by atoms with Crippen molar-refractivity contribution in [2.75, 3.05) is 32.8 Å². The Morgan fingerprint density at radius 3 is 1.45 bits per heavy atom. The van der Waals surface area contributed by atoms with Crippen LogP contribution >= 0.6 is 49.9 Å². The molecule has 6 aromatic rings. The maximum atomic E-state index is 13.2. The van der Waals surface area contributed by atoms with Crippen molar-refractivity contribution in [3.8, 4) is 20.9 Å². The van der Waals surface area contributed by atoms with E-state index in [4.69, 9.17) is 19.2 Å². The van der Waals surface area contributed by atoms with Gasteiger partial charge in [-0.05, 0) is 170 Å². The summed E-state index contributed by atoms with van der Waals surface area (Å²) in [5, 5.41) is 27.5. The number of halogens is 1. The lowest BCUT2D eigenvalue weighted by molar-refractivity contribution is -0.144. The number of rotatable bonds is 13. The number of Topliss-reactive ketones (excluding diaryl/α,β-unsaturated/α-hetero) is 1. The first kappa shape index (κ1) is 66.6. The molecule has 6 unspecified atom stereocenters. The van der Waals surface area contributed by atoms with Gasteiger partial charge in [-0.15, -0.1) is 34.0 Å². The Balaban J connectivity index is 0.000000133. The molecule has 0 spiro atoms. The number of ether oxygens (including phenoxy) is 1. The van der Waals surface area contributed by atoms with Crippen molar-refractivity contribution in [3.63, 3.8) is 0 Å². The van der Waals surface area contributed by atoms with Gasteiger partial charge >= 0.3 is 13.1 Å². The summed E-state index contributed by atoms with van der Waals surface area (Å²) >= 11 is 8.18. The van der Waals surface area contributed by atoms with E-state index in [1.165, 1.54) is 103 Å². The van der Waals surface area contributed by atoms with Crippen LogP contribution in [0, 0.1) is 17.8 Å². The predicted molar refractivity (Wildman–Crippen MR) is 353 cm³/mol. The van der Waals surface area contributed by atoms with Crippen LogP contribution in [-0.2, 0) is 43.3 Å². The van der Waals surface area contributed by atoms with Gasteiger partial charge in [-0.1, -0.05) is 38.5 Å². The lowest BCUT2D eigenvalue weighted by Crippen LogP contribution is -2.49. The van der Waals surface area contributed by atoms with E-state index >= 15 is 0 Å². The van der Waals surface area contributed by atoms with Gasteiger partial charge in [0.1, 0.15) is 6.54 Å². The van der Waals surface area contributed by atoms with Gasteiger partial charge in [-0.3, -0.25) is 38.0 Å². The van der Waals surface area contributed by atoms with E-state index < -0.39 is 7.12 Å². The number of esters is 1. The van der Waals surface area contributed by atoms with Crippen molar-refractivity contribution in [2.24, 2.45) is 17.8 Å². The number of aliphatic hydroxyl groups is 1. The Hall–Kier alpha value is -5.30. The van der Waals surface area contributed by atoms with Crippen LogP contribution < -0.4 is 5.46 Å². The summed E-state index contributed by atoms with van der Waals surface area (Å²) in [6.45, 7) is 15.4. The summed E-state index contributed by atoms with van der Waals surface area (Å²) in [5.74, 6) is 2.53. The molecule has 0 aromatic carbocycles. The molecule has 1 N–H and O–H groups in total. The van der Waals surface area contributed by atoms with Crippen LogP contribution in [0.3, 0.4) is 0 Å². The molecule has 480 valence electrons. The van der Waals surface area contributed by atoms with Gasteiger partial charge in [0.2, 0.25) is 0 Å². The molecule has 23 heteroatoms. The number of thiophene rings is 3. The molecule has 89 heavy (non-hydrogen) atoms. The van der Waals surface area contributed by atoms with E-state index in [0.29, 0.717) is 43.1 Å². The monoisotopic (exact) mass is 1340 g/mol. The maximum absolute atomic E-state index is 13.2. The lowest BCUT2D eigenvalue weighted by Gasteiger charge is -2.44. The summed E-state index contributed by atoms with van der Waals surface area (Å²) in [6.07, 6.45) is 33.2. The summed E-state index contributed by atoms with van der Waals surface area (Å²) < 4.78 is 22.7. The molecule has 0 radical (unpaired) electrons. The van der Waals surface area contributed by atoms with E-state index in [1.807, 2.05) is 74.4 Å². The fourth-order valence-electron chi connectivity index (χ4n) is 14.2. The third-order valence-corrected chi connectivity index (χ3v) is 22.8. The van der Waals surface area contributed by atoms with Crippen molar-refractivity contribution in [2.45, 2.75) is 206 Å². The SMILES string of the molecule is CC(=O)Cn1cc(B2OC(C)(C)C(C)(C)O2)cn1.CCOC(=O)Cn1cc(-c2cc(C(=O)N3CCCC4CCCCC43)cs2)cn1.O=C(c1csc(-c2cnn(CCO)c2)c1)N1CCCC2CCCCC21.O=C(c1csc(Br)c1)N1CCCC2CCCCC21. The number of piperidine rings is 3. The van der Waals surface area contributed by atoms with E-state index in [-0.39, 0.29) is 60.4 Å². The topological polar surface area (TPSA) is 196 Å². The number of carbonyl (C=O) groups excluding carboxylic acids is 5. The molecule has 7 fully saturated rings. The Bertz CT molecular complexity index is 3330. The number of hydrogen-bond acceptors (Lipinski definition) is 15. The second kappa shape index (κ2) is 30.4. The Kier molecular flexibility index (Phi) is 22.8. The van der Waals surface area contributed by atoms with Gasteiger partial charge < -0.3 is 33.9 Å². The van der Waals surface area contributed by atoms with E-state index in [9.17, 15) is 24.0 Å². The fourth-order valence-corrected chi connectivity index (χ4v) is 17.0. The number of carbonyl (C=O) groups is 5. The summed E-state index contributed by atoms with van der Waals surface area (Å²) in [5.41, 5.74) is 4.48. The van der Waals surface area contributed by atoms with Crippen molar-refractivity contribution in [1.29, 1.82) is 0 Å². The molecule has 6 atom stereocenters. The molecule has 4 aliphatic heterocycles. The van der Waals surface area contributed by atoms with Gasteiger partial charge in [-0.2, -0.15) is 15.3 Å². The zero-order valence-electron chi connectivity index (χ0n) is 52.7. The zero-order valence-corrected chi connectivity index (χ0v) is 56.7. The van der Waals surface area contributed by atoms with E-state index in [1.54, 1.807) is 79.8 Å². The number of hydrogen-bond donors (Lipinski definition) is 1. The van der Waals surface area contributed by atoms with Crippen molar-refractivity contribution in [1.82, 2.24) is 44.0 Å². The molecule has 18 nitrogen and oxygen atoms in total. The van der Waals surface area contributed by atoms with Gasteiger partial charge in [0.15, 0.2) is 5.78 Å². The standard InChI is InChI=1S/C21H27N3O3S.C19H25N3O2S.C14H18BrNOS.C12H19BN2O3/c1-2-27-20(25)13-23-12-17(11-22-23)19-10-16(14-28-19)21(26)24-9-5-7-15-6-3-4-8-18(15)24;23-9-8-21-12-16(11-20-21)18-10-15(13-25-18)19(24)22-7-3-5-14-4-1-2-6-17(14)22;15-13-8-11(9-18-13)14(17)16-7-3-5-10-4-1-2-6-12(10)16;1-9(16)7-15-8-10(6-14-15)13-17-11(2,3)12(4,5)18-13/h10-12,14-15,18H,2-9,13H2,1H3;10-14,17,23H,1-9H2;8-10,12H,1-7H2;6,8H,7H2,1-5H3. The van der Waals surface area contributed by atoms with Crippen LogP contribution in [0.4, 0.5) is 0 Å². The quantitative estimate of drug-likeness (QED) is 0.0850. The minimum absolute atomic E-state index is 0.0681. The Morgan fingerprint density at radius 2 is 1.00 bits per heavy atom. The second-order valence-electron chi connectivity index (χ2n) is 26.0. The molecule has 6 aromatic heterocycles.